The van der Waals surface area contributed by atoms with E-state index in [4.69, 9.17) is 18.9 Å². The molecule has 194 valence electrons. The fourth-order valence-corrected chi connectivity index (χ4v) is 5.05. The molecule has 3 aromatic carbocycles. The van der Waals surface area contributed by atoms with E-state index in [0.717, 1.165) is 5.56 Å². The van der Waals surface area contributed by atoms with Gasteiger partial charge < -0.3 is 24.1 Å². The van der Waals surface area contributed by atoms with Gasteiger partial charge >= 0.3 is 11.9 Å². The number of hydrogen-bond acceptors (Lipinski definition) is 8. The Morgan fingerprint density at radius 2 is 1.30 bits per heavy atom. The minimum atomic E-state index is -1.10. The van der Waals surface area contributed by atoms with E-state index in [2.05, 4.69) is 0 Å². The van der Waals surface area contributed by atoms with Gasteiger partial charge in [-0.1, -0.05) is 73.7 Å². The Morgan fingerprint density at radius 3 is 1.81 bits per heavy atom. The van der Waals surface area contributed by atoms with Crippen LogP contribution in [-0.4, -0.2) is 59.3 Å². The first-order chi connectivity index (χ1) is 18.1. The van der Waals surface area contributed by atoms with Gasteiger partial charge in [-0.25, -0.2) is 9.59 Å². The Kier molecular flexibility index (Phi) is 9.73. The van der Waals surface area contributed by atoms with E-state index in [1.165, 1.54) is 11.8 Å². The summed E-state index contributed by atoms with van der Waals surface area (Å²) >= 11 is 1.47. The SMILES string of the molecule is CCS[C@H]1O[C@@H](CO)[C@@H](OC(=O)c2ccccc2)[C@@H](OC(=O)c2ccccc2)[C@@H]1OCc1ccccc1. The predicted molar refractivity (Wildman–Crippen MR) is 140 cm³/mol. The molecule has 0 amide bonds. The second-order valence-electron chi connectivity index (χ2n) is 8.41. The van der Waals surface area contributed by atoms with E-state index < -0.39 is 48.4 Å². The third kappa shape index (κ3) is 6.99. The number of thioether (sulfide) groups is 1. The first-order valence-electron chi connectivity index (χ1n) is 12.2. The zero-order valence-electron chi connectivity index (χ0n) is 20.5. The van der Waals surface area contributed by atoms with Crippen molar-refractivity contribution in [2.45, 2.75) is 43.4 Å². The molecular weight excluding hydrogens is 492 g/mol. The van der Waals surface area contributed by atoms with Crippen molar-refractivity contribution < 1.29 is 33.6 Å². The highest BCUT2D eigenvalue weighted by Crippen LogP contribution is 2.35. The molecule has 1 saturated heterocycles. The van der Waals surface area contributed by atoms with Crippen molar-refractivity contribution in [3.8, 4) is 0 Å². The summed E-state index contributed by atoms with van der Waals surface area (Å²) in [6.07, 6.45) is -3.81. The molecule has 1 aliphatic heterocycles. The predicted octanol–water partition coefficient (Wildman–Crippen LogP) is 4.49. The summed E-state index contributed by atoms with van der Waals surface area (Å²) in [5, 5.41) is 10.2. The van der Waals surface area contributed by atoms with Crippen LogP contribution in [0.2, 0.25) is 0 Å². The van der Waals surface area contributed by atoms with Crippen LogP contribution < -0.4 is 0 Å². The summed E-state index contributed by atoms with van der Waals surface area (Å²) in [4.78, 5) is 26.2. The van der Waals surface area contributed by atoms with Gasteiger partial charge in [0.15, 0.2) is 12.2 Å². The van der Waals surface area contributed by atoms with Gasteiger partial charge in [0.25, 0.3) is 0 Å². The molecule has 0 saturated carbocycles. The third-order valence-corrected chi connectivity index (χ3v) is 6.93. The molecule has 0 radical (unpaired) electrons. The van der Waals surface area contributed by atoms with Gasteiger partial charge in [-0.05, 0) is 35.6 Å². The molecule has 37 heavy (non-hydrogen) atoms. The minimum Gasteiger partial charge on any atom is -0.452 e. The lowest BCUT2D eigenvalue weighted by Crippen LogP contribution is -2.61. The van der Waals surface area contributed by atoms with Crippen molar-refractivity contribution in [3.05, 3.63) is 108 Å². The maximum absolute atomic E-state index is 13.2. The molecule has 1 fully saturated rings. The standard InChI is InChI=1S/C29H30O7S/c1-2-37-29-26(33-19-20-12-6-3-7-13-20)25(36-28(32)22-16-10-5-11-17-22)24(23(18-30)34-29)35-27(31)21-14-8-4-9-15-21/h3-17,23-26,29-30H,2,18-19H2,1H3/t23-,24+,25+,26-,29+/m0/s1. The Balaban J connectivity index is 1.66. The van der Waals surface area contributed by atoms with Gasteiger partial charge in [-0.2, -0.15) is 0 Å². The highest BCUT2D eigenvalue weighted by Gasteiger charge is 2.51. The Labute approximate surface area is 220 Å². The summed E-state index contributed by atoms with van der Waals surface area (Å²) in [7, 11) is 0. The monoisotopic (exact) mass is 522 g/mol. The molecule has 3 aromatic rings. The average molecular weight is 523 g/mol. The summed E-state index contributed by atoms with van der Waals surface area (Å²) in [6.45, 7) is 1.78. The van der Waals surface area contributed by atoms with Crippen LogP contribution in [-0.2, 0) is 25.6 Å². The van der Waals surface area contributed by atoms with Gasteiger partial charge in [-0.15, -0.1) is 11.8 Å². The van der Waals surface area contributed by atoms with E-state index >= 15 is 0 Å². The highest BCUT2D eigenvalue weighted by molar-refractivity contribution is 7.99. The molecule has 1 N–H and O–H groups in total. The van der Waals surface area contributed by atoms with E-state index in [9.17, 15) is 14.7 Å². The highest BCUT2D eigenvalue weighted by atomic mass is 32.2. The first kappa shape index (κ1) is 26.9. The summed E-state index contributed by atoms with van der Waals surface area (Å²) < 4.78 is 24.3. The van der Waals surface area contributed by atoms with Crippen LogP contribution in [0.25, 0.3) is 0 Å². The summed E-state index contributed by atoms with van der Waals surface area (Å²) in [5.41, 5.74) is 1.05. The zero-order chi connectivity index (χ0) is 26.0. The molecule has 1 heterocycles. The maximum Gasteiger partial charge on any atom is 0.338 e. The van der Waals surface area contributed by atoms with Gasteiger partial charge in [0.1, 0.15) is 17.6 Å². The Hall–Kier alpha value is -3.17. The van der Waals surface area contributed by atoms with Crippen molar-refractivity contribution in [2.75, 3.05) is 12.4 Å². The normalized spacial score (nSPS) is 23.2. The number of carbonyl (C=O) groups excluding carboxylic acids is 2. The second kappa shape index (κ2) is 13.4. The lowest BCUT2D eigenvalue weighted by molar-refractivity contribution is -0.221. The van der Waals surface area contributed by atoms with Crippen molar-refractivity contribution in [2.24, 2.45) is 0 Å². The molecule has 8 heteroatoms. The van der Waals surface area contributed by atoms with Crippen LogP contribution in [0, 0.1) is 0 Å². The number of carbonyl (C=O) groups is 2. The van der Waals surface area contributed by atoms with Crippen molar-refractivity contribution in [1.82, 2.24) is 0 Å². The van der Waals surface area contributed by atoms with Gasteiger partial charge in [0.05, 0.1) is 24.3 Å². The van der Waals surface area contributed by atoms with E-state index in [-0.39, 0.29) is 6.61 Å². The zero-order valence-corrected chi connectivity index (χ0v) is 21.3. The van der Waals surface area contributed by atoms with Gasteiger partial charge in [0, 0.05) is 0 Å². The van der Waals surface area contributed by atoms with Crippen molar-refractivity contribution >= 4 is 23.7 Å². The van der Waals surface area contributed by atoms with Crippen LogP contribution in [0.5, 0.6) is 0 Å². The van der Waals surface area contributed by atoms with Gasteiger partial charge in [-0.3, -0.25) is 0 Å². The Morgan fingerprint density at radius 1 is 0.784 bits per heavy atom. The summed E-state index contributed by atoms with van der Waals surface area (Å²) in [5.74, 6) is -0.503. The van der Waals surface area contributed by atoms with Crippen LogP contribution in [0.15, 0.2) is 91.0 Å². The number of esters is 2. The first-order valence-corrected chi connectivity index (χ1v) is 13.2. The molecule has 5 atom stereocenters. The van der Waals surface area contributed by atoms with Crippen LogP contribution in [0.4, 0.5) is 0 Å². The lowest BCUT2D eigenvalue weighted by Gasteiger charge is -2.44. The molecule has 0 unspecified atom stereocenters. The molecule has 1 aliphatic rings. The molecule has 0 aromatic heterocycles. The Bertz CT molecular complexity index is 1130. The number of ether oxygens (including phenoxy) is 4. The second-order valence-corrected chi connectivity index (χ2v) is 9.79. The molecular formula is C29H30O7S. The fourth-order valence-electron chi connectivity index (χ4n) is 4.07. The number of hydrogen-bond donors (Lipinski definition) is 1. The summed E-state index contributed by atoms with van der Waals surface area (Å²) in [6, 6.07) is 26.7. The number of rotatable bonds is 10. The van der Waals surface area contributed by atoms with E-state index in [0.29, 0.717) is 16.9 Å². The quantitative estimate of drug-likeness (QED) is 0.390. The van der Waals surface area contributed by atoms with Crippen LogP contribution in [0.3, 0.4) is 0 Å². The molecule has 0 spiro atoms. The largest absolute Gasteiger partial charge is 0.452 e. The number of aliphatic hydroxyl groups excluding tert-OH is 1. The molecule has 7 nitrogen and oxygen atoms in total. The van der Waals surface area contributed by atoms with E-state index in [1.54, 1.807) is 60.7 Å². The topological polar surface area (TPSA) is 91.3 Å². The van der Waals surface area contributed by atoms with Crippen LogP contribution >= 0.6 is 11.8 Å². The van der Waals surface area contributed by atoms with Crippen molar-refractivity contribution in [3.63, 3.8) is 0 Å². The minimum absolute atomic E-state index is 0.234. The smallest absolute Gasteiger partial charge is 0.338 e. The molecule has 4 rings (SSSR count). The van der Waals surface area contributed by atoms with Crippen LogP contribution in [0.1, 0.15) is 33.2 Å². The maximum atomic E-state index is 13.2. The van der Waals surface area contributed by atoms with Gasteiger partial charge in [0.2, 0.25) is 0 Å². The third-order valence-electron chi connectivity index (χ3n) is 5.89. The molecule has 0 bridgehead atoms. The number of aliphatic hydroxyl groups is 1. The fraction of sp³-hybridized carbons (Fsp3) is 0.310. The number of benzene rings is 3. The lowest BCUT2D eigenvalue weighted by atomic mass is 9.98. The average Bonchev–Trinajstić information content (AvgIpc) is 2.95. The molecule has 0 aliphatic carbocycles. The van der Waals surface area contributed by atoms with E-state index in [1.807, 2.05) is 37.3 Å². The van der Waals surface area contributed by atoms with Crippen molar-refractivity contribution in [1.29, 1.82) is 0 Å².